The van der Waals surface area contributed by atoms with Gasteiger partial charge >= 0.3 is 0 Å². The third-order valence-electron chi connectivity index (χ3n) is 5.28. The Kier molecular flexibility index (Phi) is 5.67. The van der Waals surface area contributed by atoms with Crippen LogP contribution in [-0.2, 0) is 13.1 Å². The summed E-state index contributed by atoms with van der Waals surface area (Å²) in [4.78, 5) is 11.5. The van der Waals surface area contributed by atoms with E-state index < -0.39 is 0 Å². The number of hydrogen-bond acceptors (Lipinski definition) is 5. The molecule has 0 aliphatic carbocycles. The summed E-state index contributed by atoms with van der Waals surface area (Å²) >= 11 is 0. The molecule has 0 spiro atoms. The van der Waals surface area contributed by atoms with Crippen LogP contribution in [0.25, 0.3) is 5.82 Å². The van der Waals surface area contributed by atoms with Crippen molar-refractivity contribution in [2.45, 2.75) is 33.4 Å². The molecular weight excluding hydrogens is 348 g/mol. The molecule has 2 aromatic heterocycles. The maximum Gasteiger partial charge on any atom is 0.173 e. The first-order valence-electron chi connectivity index (χ1n) is 10.0. The van der Waals surface area contributed by atoms with E-state index in [1.165, 1.54) is 30.6 Å². The van der Waals surface area contributed by atoms with Gasteiger partial charge in [-0.25, -0.2) is 9.67 Å². The van der Waals surface area contributed by atoms with E-state index in [4.69, 9.17) is 0 Å². The molecule has 1 fully saturated rings. The monoisotopic (exact) mass is 376 g/mol. The van der Waals surface area contributed by atoms with Gasteiger partial charge in [0, 0.05) is 38.6 Å². The largest absolute Gasteiger partial charge is 0.365 e. The molecule has 1 saturated heterocycles. The zero-order valence-electron chi connectivity index (χ0n) is 16.6. The number of piperidine rings is 1. The van der Waals surface area contributed by atoms with Crippen LogP contribution < -0.4 is 5.32 Å². The summed E-state index contributed by atoms with van der Waals surface area (Å²) in [5.41, 5.74) is 2.69. The van der Waals surface area contributed by atoms with Crippen LogP contribution in [0.5, 0.6) is 0 Å². The Hall–Kier alpha value is -2.73. The maximum atomic E-state index is 4.61. The number of nitrogens with one attached hydrogen (secondary N) is 1. The van der Waals surface area contributed by atoms with Gasteiger partial charge < -0.3 is 5.32 Å². The molecule has 1 aliphatic heterocycles. The van der Waals surface area contributed by atoms with Crippen molar-refractivity contribution in [1.29, 1.82) is 0 Å². The predicted molar refractivity (Wildman–Crippen MR) is 111 cm³/mol. The number of benzene rings is 1. The average molecular weight is 377 g/mol. The molecule has 3 heterocycles. The van der Waals surface area contributed by atoms with Gasteiger partial charge in [-0.05, 0) is 35.4 Å². The van der Waals surface area contributed by atoms with Crippen LogP contribution in [0, 0.1) is 11.8 Å². The highest BCUT2D eigenvalue weighted by molar-refractivity contribution is 5.38. The highest BCUT2D eigenvalue weighted by atomic mass is 15.3. The van der Waals surface area contributed by atoms with E-state index in [2.05, 4.69) is 63.4 Å². The lowest BCUT2D eigenvalue weighted by atomic mass is 9.91. The van der Waals surface area contributed by atoms with Gasteiger partial charge in [0.15, 0.2) is 5.82 Å². The number of hydrogen-bond donors (Lipinski definition) is 1. The molecule has 2 unspecified atom stereocenters. The van der Waals surface area contributed by atoms with Crippen LogP contribution in [0.2, 0.25) is 0 Å². The zero-order chi connectivity index (χ0) is 19.3. The molecule has 0 bridgehead atoms. The minimum atomic E-state index is 0.708. The van der Waals surface area contributed by atoms with Gasteiger partial charge in [0.2, 0.25) is 0 Å². The minimum absolute atomic E-state index is 0.708. The SMILES string of the molecule is CC1CC(C)CN(Cc2ccccc2CNc2cncc(-n3cccn3)n2)C1. The first-order valence-corrected chi connectivity index (χ1v) is 10.0. The van der Waals surface area contributed by atoms with E-state index in [-0.39, 0.29) is 0 Å². The number of rotatable bonds is 6. The van der Waals surface area contributed by atoms with Crippen molar-refractivity contribution in [3.8, 4) is 5.82 Å². The van der Waals surface area contributed by atoms with Gasteiger partial charge in [0.1, 0.15) is 5.82 Å². The van der Waals surface area contributed by atoms with Gasteiger partial charge in [-0.3, -0.25) is 9.88 Å². The molecule has 4 rings (SSSR count). The van der Waals surface area contributed by atoms with Crippen LogP contribution in [0.3, 0.4) is 0 Å². The number of likely N-dealkylation sites (tertiary alicyclic amines) is 1. The summed E-state index contributed by atoms with van der Waals surface area (Å²) in [5, 5.41) is 7.64. The molecule has 6 heteroatoms. The Morgan fingerprint density at radius 1 is 1.04 bits per heavy atom. The van der Waals surface area contributed by atoms with E-state index in [1.54, 1.807) is 23.3 Å². The first kappa shape index (κ1) is 18.6. The van der Waals surface area contributed by atoms with Gasteiger partial charge in [0.05, 0.1) is 12.4 Å². The van der Waals surface area contributed by atoms with Crippen LogP contribution in [0.4, 0.5) is 5.82 Å². The third kappa shape index (κ3) is 4.57. The molecule has 28 heavy (non-hydrogen) atoms. The molecule has 1 aliphatic rings. The van der Waals surface area contributed by atoms with E-state index in [0.717, 1.165) is 30.7 Å². The summed E-state index contributed by atoms with van der Waals surface area (Å²) < 4.78 is 1.71. The molecule has 0 saturated carbocycles. The standard InChI is InChI=1S/C22H28N6/c1-17-10-18(2)15-27(14-17)16-20-7-4-3-6-19(20)11-24-21-12-23-13-22(26-21)28-9-5-8-25-28/h3-9,12-13,17-18H,10-11,14-16H2,1-2H3,(H,24,26). The van der Waals surface area contributed by atoms with Crippen molar-refractivity contribution in [3.05, 3.63) is 66.2 Å². The number of aromatic nitrogens is 4. The fraction of sp³-hybridized carbons (Fsp3) is 0.409. The van der Waals surface area contributed by atoms with Gasteiger partial charge in [-0.1, -0.05) is 38.1 Å². The van der Waals surface area contributed by atoms with E-state index in [0.29, 0.717) is 5.82 Å². The normalized spacial score (nSPS) is 20.2. The second-order valence-corrected chi connectivity index (χ2v) is 7.98. The van der Waals surface area contributed by atoms with Crippen molar-refractivity contribution in [2.24, 2.45) is 11.8 Å². The van der Waals surface area contributed by atoms with E-state index >= 15 is 0 Å². The van der Waals surface area contributed by atoms with E-state index in [1.807, 2.05) is 12.3 Å². The molecule has 1 N–H and O–H groups in total. The van der Waals surface area contributed by atoms with Crippen LogP contribution >= 0.6 is 0 Å². The molecule has 2 atom stereocenters. The molecule has 0 amide bonds. The molecule has 3 aromatic rings. The highest BCUT2D eigenvalue weighted by Crippen LogP contribution is 2.23. The van der Waals surface area contributed by atoms with E-state index in [9.17, 15) is 0 Å². The molecule has 1 aromatic carbocycles. The lowest BCUT2D eigenvalue weighted by Crippen LogP contribution is -2.38. The maximum absolute atomic E-state index is 4.61. The Labute approximate surface area is 166 Å². The molecular formula is C22H28N6. The van der Waals surface area contributed by atoms with Crippen molar-refractivity contribution < 1.29 is 0 Å². The third-order valence-corrected chi connectivity index (χ3v) is 5.28. The average Bonchev–Trinajstić information content (AvgIpc) is 3.22. The number of nitrogens with zero attached hydrogens (tertiary/aromatic N) is 5. The Morgan fingerprint density at radius 2 is 1.82 bits per heavy atom. The summed E-state index contributed by atoms with van der Waals surface area (Å²) in [6.45, 7) is 8.83. The summed E-state index contributed by atoms with van der Waals surface area (Å²) in [7, 11) is 0. The van der Waals surface area contributed by atoms with Crippen molar-refractivity contribution in [3.63, 3.8) is 0 Å². The summed E-state index contributed by atoms with van der Waals surface area (Å²) in [6, 6.07) is 10.6. The Bertz CT molecular complexity index is 882. The Morgan fingerprint density at radius 3 is 2.57 bits per heavy atom. The fourth-order valence-electron chi connectivity index (χ4n) is 4.19. The van der Waals surface area contributed by atoms with Crippen molar-refractivity contribution in [2.75, 3.05) is 18.4 Å². The smallest absolute Gasteiger partial charge is 0.173 e. The Balaban J connectivity index is 1.44. The molecule has 146 valence electrons. The first-order chi connectivity index (χ1) is 13.7. The zero-order valence-corrected chi connectivity index (χ0v) is 16.6. The van der Waals surface area contributed by atoms with Crippen LogP contribution in [-0.4, -0.2) is 37.7 Å². The molecule has 6 nitrogen and oxygen atoms in total. The minimum Gasteiger partial charge on any atom is -0.365 e. The second-order valence-electron chi connectivity index (χ2n) is 7.98. The lowest BCUT2D eigenvalue weighted by Gasteiger charge is -2.35. The van der Waals surface area contributed by atoms with Crippen LogP contribution in [0.1, 0.15) is 31.4 Å². The number of anilines is 1. The highest BCUT2D eigenvalue weighted by Gasteiger charge is 2.22. The molecule has 0 radical (unpaired) electrons. The topological polar surface area (TPSA) is 58.9 Å². The summed E-state index contributed by atoms with van der Waals surface area (Å²) in [5.74, 6) is 3.01. The fourth-order valence-corrected chi connectivity index (χ4v) is 4.19. The van der Waals surface area contributed by atoms with Crippen molar-refractivity contribution in [1.82, 2.24) is 24.6 Å². The van der Waals surface area contributed by atoms with Crippen LogP contribution in [0.15, 0.2) is 55.1 Å². The van der Waals surface area contributed by atoms with Gasteiger partial charge in [0.25, 0.3) is 0 Å². The summed E-state index contributed by atoms with van der Waals surface area (Å²) in [6.07, 6.45) is 8.41. The second kappa shape index (κ2) is 8.52. The quantitative estimate of drug-likeness (QED) is 0.710. The van der Waals surface area contributed by atoms with Gasteiger partial charge in [-0.15, -0.1) is 0 Å². The van der Waals surface area contributed by atoms with Gasteiger partial charge in [-0.2, -0.15) is 5.10 Å². The predicted octanol–water partition coefficient (Wildman–Crippen LogP) is 3.75. The van der Waals surface area contributed by atoms with Crippen molar-refractivity contribution >= 4 is 5.82 Å². The lowest BCUT2D eigenvalue weighted by molar-refractivity contribution is 0.134.